The number of hydrogen-bond acceptors (Lipinski definition) is 4. The van der Waals surface area contributed by atoms with Crippen LogP contribution in [0, 0.1) is 0 Å². The molecule has 1 atom stereocenters. The Kier molecular flexibility index (Phi) is 7.63. The molecule has 1 heterocycles. The van der Waals surface area contributed by atoms with Gasteiger partial charge in [-0.2, -0.15) is 0 Å². The Labute approximate surface area is 152 Å². The standard InChI is InChI=1S/C19H24N2O3S/c1-21(11-7-12-24-2)19(23)16(14-15-8-4-3-5-9-15)20-18(22)17-10-6-13-25-17/h3-6,8-10,13,16H,7,11-12,14H2,1-2H3,(H,20,22). The minimum absolute atomic E-state index is 0.0927. The number of benzene rings is 1. The lowest BCUT2D eigenvalue weighted by Gasteiger charge is -2.24. The molecule has 0 saturated carbocycles. The Morgan fingerprint density at radius 1 is 1.20 bits per heavy atom. The Bertz CT molecular complexity index is 659. The summed E-state index contributed by atoms with van der Waals surface area (Å²) in [4.78, 5) is 27.5. The van der Waals surface area contributed by atoms with Crippen molar-refractivity contribution in [2.45, 2.75) is 18.9 Å². The van der Waals surface area contributed by atoms with Crippen molar-refractivity contribution in [3.05, 3.63) is 58.3 Å². The molecule has 0 aliphatic rings. The van der Waals surface area contributed by atoms with Gasteiger partial charge in [0, 0.05) is 33.7 Å². The first-order valence-corrected chi connectivity index (χ1v) is 9.12. The van der Waals surface area contributed by atoms with Crippen molar-refractivity contribution in [2.75, 3.05) is 27.3 Å². The lowest BCUT2D eigenvalue weighted by Crippen LogP contribution is -2.48. The number of ether oxygens (including phenoxy) is 1. The molecule has 1 aromatic heterocycles. The monoisotopic (exact) mass is 360 g/mol. The van der Waals surface area contributed by atoms with E-state index in [0.29, 0.717) is 24.4 Å². The first kappa shape index (κ1) is 19.1. The third kappa shape index (κ3) is 5.99. The van der Waals surface area contributed by atoms with Crippen LogP contribution in [-0.4, -0.2) is 50.1 Å². The average molecular weight is 360 g/mol. The van der Waals surface area contributed by atoms with Gasteiger partial charge in [-0.3, -0.25) is 9.59 Å². The molecule has 6 heteroatoms. The Morgan fingerprint density at radius 3 is 2.60 bits per heavy atom. The van der Waals surface area contributed by atoms with Crippen molar-refractivity contribution in [2.24, 2.45) is 0 Å². The van der Waals surface area contributed by atoms with E-state index in [-0.39, 0.29) is 11.8 Å². The zero-order valence-corrected chi connectivity index (χ0v) is 15.4. The number of nitrogens with one attached hydrogen (secondary N) is 1. The van der Waals surface area contributed by atoms with Crippen molar-refractivity contribution >= 4 is 23.2 Å². The van der Waals surface area contributed by atoms with E-state index in [1.807, 2.05) is 41.8 Å². The summed E-state index contributed by atoms with van der Waals surface area (Å²) in [5.74, 6) is -0.306. The second kappa shape index (κ2) is 9.96. The van der Waals surface area contributed by atoms with Gasteiger partial charge in [-0.25, -0.2) is 0 Å². The Hall–Kier alpha value is -2.18. The highest BCUT2D eigenvalue weighted by molar-refractivity contribution is 7.12. The molecule has 25 heavy (non-hydrogen) atoms. The predicted octanol–water partition coefficient (Wildman–Crippen LogP) is 2.58. The number of nitrogens with zero attached hydrogens (tertiary/aromatic N) is 1. The van der Waals surface area contributed by atoms with Crippen molar-refractivity contribution in [3.63, 3.8) is 0 Å². The fourth-order valence-electron chi connectivity index (χ4n) is 2.51. The molecule has 1 aromatic carbocycles. The number of likely N-dealkylation sites (N-methyl/N-ethyl adjacent to an activating group) is 1. The quantitative estimate of drug-likeness (QED) is 0.699. The highest BCUT2D eigenvalue weighted by Crippen LogP contribution is 2.11. The van der Waals surface area contributed by atoms with Crippen LogP contribution in [0.1, 0.15) is 21.7 Å². The molecule has 0 spiro atoms. The molecule has 0 aliphatic heterocycles. The van der Waals surface area contributed by atoms with Crippen molar-refractivity contribution in [3.8, 4) is 0 Å². The molecule has 2 aromatic rings. The topological polar surface area (TPSA) is 58.6 Å². The Morgan fingerprint density at radius 2 is 1.96 bits per heavy atom. The second-order valence-corrected chi connectivity index (χ2v) is 6.75. The highest BCUT2D eigenvalue weighted by atomic mass is 32.1. The third-order valence-electron chi connectivity index (χ3n) is 3.85. The maximum Gasteiger partial charge on any atom is 0.262 e. The van der Waals surface area contributed by atoms with Crippen LogP contribution in [-0.2, 0) is 16.0 Å². The van der Waals surface area contributed by atoms with E-state index in [9.17, 15) is 9.59 Å². The van der Waals surface area contributed by atoms with Gasteiger partial charge in [-0.1, -0.05) is 36.4 Å². The summed E-state index contributed by atoms with van der Waals surface area (Å²) in [5.41, 5.74) is 1.01. The zero-order chi connectivity index (χ0) is 18.1. The Balaban J connectivity index is 2.07. The van der Waals surface area contributed by atoms with Crippen molar-refractivity contribution in [1.29, 1.82) is 0 Å². The summed E-state index contributed by atoms with van der Waals surface area (Å²) in [5, 5.41) is 4.74. The van der Waals surface area contributed by atoms with E-state index in [4.69, 9.17) is 4.74 Å². The van der Waals surface area contributed by atoms with Crippen LogP contribution in [0.3, 0.4) is 0 Å². The van der Waals surface area contributed by atoms with E-state index < -0.39 is 6.04 Å². The normalized spacial score (nSPS) is 11.8. The van der Waals surface area contributed by atoms with E-state index in [2.05, 4.69) is 5.32 Å². The largest absolute Gasteiger partial charge is 0.385 e. The molecule has 0 radical (unpaired) electrons. The van der Waals surface area contributed by atoms with Gasteiger partial charge in [-0.05, 0) is 23.4 Å². The fraction of sp³-hybridized carbons (Fsp3) is 0.368. The molecule has 0 aliphatic carbocycles. The van der Waals surface area contributed by atoms with Crippen LogP contribution in [0.2, 0.25) is 0 Å². The van der Waals surface area contributed by atoms with Crippen LogP contribution < -0.4 is 5.32 Å². The van der Waals surface area contributed by atoms with Gasteiger partial charge in [0.15, 0.2) is 0 Å². The number of hydrogen-bond donors (Lipinski definition) is 1. The van der Waals surface area contributed by atoms with Gasteiger partial charge >= 0.3 is 0 Å². The number of thiophene rings is 1. The van der Waals surface area contributed by atoms with E-state index >= 15 is 0 Å². The summed E-state index contributed by atoms with van der Waals surface area (Å²) < 4.78 is 5.04. The number of rotatable bonds is 9. The smallest absolute Gasteiger partial charge is 0.262 e. The van der Waals surface area contributed by atoms with E-state index in [0.717, 1.165) is 12.0 Å². The summed E-state index contributed by atoms with van der Waals surface area (Å²) in [6.07, 6.45) is 1.22. The maximum absolute atomic E-state index is 12.8. The molecular formula is C19H24N2O3S. The fourth-order valence-corrected chi connectivity index (χ4v) is 3.14. The SMILES string of the molecule is COCCCN(C)C(=O)C(Cc1ccccc1)NC(=O)c1cccs1. The van der Waals surface area contributed by atoms with Crippen LogP contribution in [0.25, 0.3) is 0 Å². The lowest BCUT2D eigenvalue weighted by atomic mass is 10.0. The van der Waals surface area contributed by atoms with Gasteiger partial charge in [0.05, 0.1) is 4.88 Å². The number of methoxy groups -OCH3 is 1. The minimum atomic E-state index is -0.593. The van der Waals surface area contributed by atoms with Gasteiger partial charge in [0.25, 0.3) is 5.91 Å². The molecule has 2 amide bonds. The summed E-state index contributed by atoms with van der Waals surface area (Å²) in [6, 6.07) is 12.7. The van der Waals surface area contributed by atoms with Gasteiger partial charge in [-0.15, -0.1) is 11.3 Å². The molecule has 134 valence electrons. The molecule has 0 fully saturated rings. The average Bonchev–Trinajstić information content (AvgIpc) is 3.16. The van der Waals surface area contributed by atoms with Crippen LogP contribution >= 0.6 is 11.3 Å². The number of carbonyl (C=O) groups excluding carboxylic acids is 2. The molecule has 0 saturated heterocycles. The third-order valence-corrected chi connectivity index (χ3v) is 4.72. The maximum atomic E-state index is 12.8. The molecule has 5 nitrogen and oxygen atoms in total. The molecule has 1 unspecified atom stereocenters. The molecule has 1 N–H and O–H groups in total. The molecule has 0 bridgehead atoms. The van der Waals surface area contributed by atoms with Gasteiger partial charge in [0.2, 0.25) is 5.91 Å². The summed E-state index contributed by atoms with van der Waals surface area (Å²) in [6.45, 7) is 1.19. The lowest BCUT2D eigenvalue weighted by molar-refractivity contribution is -0.132. The second-order valence-electron chi connectivity index (χ2n) is 5.80. The summed E-state index contributed by atoms with van der Waals surface area (Å²) >= 11 is 1.36. The minimum Gasteiger partial charge on any atom is -0.385 e. The zero-order valence-electron chi connectivity index (χ0n) is 14.6. The number of carbonyl (C=O) groups is 2. The van der Waals surface area contributed by atoms with Crippen molar-refractivity contribution < 1.29 is 14.3 Å². The van der Waals surface area contributed by atoms with Crippen LogP contribution in [0.4, 0.5) is 0 Å². The molecular weight excluding hydrogens is 336 g/mol. The van der Waals surface area contributed by atoms with Crippen molar-refractivity contribution in [1.82, 2.24) is 10.2 Å². The summed E-state index contributed by atoms with van der Waals surface area (Å²) in [7, 11) is 3.40. The van der Waals surface area contributed by atoms with Crippen LogP contribution in [0.15, 0.2) is 47.8 Å². The highest BCUT2D eigenvalue weighted by Gasteiger charge is 2.25. The predicted molar refractivity (Wildman–Crippen MR) is 99.8 cm³/mol. The van der Waals surface area contributed by atoms with Crippen LogP contribution in [0.5, 0.6) is 0 Å². The van der Waals surface area contributed by atoms with Gasteiger partial charge < -0.3 is 15.0 Å². The van der Waals surface area contributed by atoms with E-state index in [1.165, 1.54) is 11.3 Å². The van der Waals surface area contributed by atoms with E-state index in [1.54, 1.807) is 25.1 Å². The first-order valence-electron chi connectivity index (χ1n) is 8.24. The van der Waals surface area contributed by atoms with Gasteiger partial charge in [0.1, 0.15) is 6.04 Å². The first-order chi connectivity index (χ1) is 12.1. The molecule has 2 rings (SSSR count). The number of amides is 2.